The van der Waals surface area contributed by atoms with Crippen LogP contribution in [0.5, 0.6) is 0 Å². The van der Waals surface area contributed by atoms with Crippen molar-refractivity contribution < 1.29 is 71.4 Å². The quantitative estimate of drug-likeness (QED) is 0.0116. The number of aromatic nitrogens is 2. The number of aliphatic hydroxyl groups excluding tert-OH is 3. The summed E-state index contributed by atoms with van der Waals surface area (Å²) in [6.07, 6.45) is 39.2. The number of ether oxygens (including phenoxy) is 3. The van der Waals surface area contributed by atoms with Gasteiger partial charge in [0.25, 0.3) is 0 Å². The highest BCUT2D eigenvalue weighted by Crippen LogP contribution is 2.60. The molecule has 1 saturated heterocycles. The van der Waals surface area contributed by atoms with E-state index in [0.29, 0.717) is 6.42 Å². The van der Waals surface area contributed by atoms with Crippen molar-refractivity contribution in [3.8, 4) is 0 Å². The molecule has 2 rings (SSSR count). The number of phosphoric ester groups is 2. The zero-order valence-corrected chi connectivity index (χ0v) is 49.0. The average Bonchev–Trinajstić information content (AvgIpc) is 3.68. The fraction of sp³-hybridized carbons (Fsp3) is 0.754. The summed E-state index contributed by atoms with van der Waals surface area (Å²) in [6, 6.07) is 1.24. The summed E-state index contributed by atoms with van der Waals surface area (Å²) in [5.41, 5.74) is 4.59. The summed E-state index contributed by atoms with van der Waals surface area (Å²) in [6.45, 7) is 4.35. The van der Waals surface area contributed by atoms with Crippen molar-refractivity contribution in [2.75, 3.05) is 25.6 Å². The number of carbonyl (C=O) groups excluding carboxylic acids is 2. The standard InChI is InChI=1S/C57H99N3O16P2/c1-4-6-7-8-9-10-11-18-22-25-28-31-34-38-48(61)39-36-41-52(62)71-44-49(74-53(63)40-35-32-29-26-23-20-17-15-13-12-14-16-19-21-24-27-30-33-37-47(3)5-2)45-72-77(67,68)76-78(69,70)73-46-50-54(64)55(65)56(75-50)60-43-42-51(58)59-57(60)66/h9-10,18,22,28,31,34,38,42-43,47-50,54-56,61,64-65H,4-8,11-17,19-21,23-27,29-30,32-33,35-37,39-41,44-46H2,1-3H3,(H,67,68)(H,69,70)(H2,58,59,66)/b10-9-,22-18-,31-28-,38-34+/t47?,48-,49-,50-,54-,55-,56-/m1/s1. The highest BCUT2D eigenvalue weighted by atomic mass is 31.3. The number of allylic oxidation sites excluding steroid dienone is 7. The molecular formula is C57H99N3O16P2. The van der Waals surface area contributed by atoms with E-state index >= 15 is 0 Å². The predicted molar refractivity (Wildman–Crippen MR) is 304 cm³/mol. The molecule has 19 nitrogen and oxygen atoms in total. The molecule has 78 heavy (non-hydrogen) atoms. The zero-order chi connectivity index (χ0) is 57.3. The summed E-state index contributed by atoms with van der Waals surface area (Å²) in [5.74, 6) is -0.634. The van der Waals surface area contributed by atoms with Gasteiger partial charge in [0, 0.05) is 19.0 Å². The maximum absolute atomic E-state index is 12.9. The van der Waals surface area contributed by atoms with Crippen molar-refractivity contribution in [2.45, 2.75) is 250 Å². The smallest absolute Gasteiger partial charge is 0.462 e. The first-order chi connectivity index (χ1) is 37.5. The molecule has 2 heterocycles. The Morgan fingerprint density at radius 2 is 1.28 bits per heavy atom. The topological polar surface area (TPSA) is 286 Å². The molecule has 0 spiro atoms. The Hall–Kier alpha value is -3.32. The molecule has 448 valence electrons. The van der Waals surface area contributed by atoms with Gasteiger partial charge in [0.05, 0.1) is 19.3 Å². The van der Waals surface area contributed by atoms with Crippen LogP contribution in [0.25, 0.3) is 0 Å². The molecule has 0 aliphatic carbocycles. The summed E-state index contributed by atoms with van der Waals surface area (Å²) in [7, 11) is -10.9. The number of nitrogens with zero attached hydrogens (tertiary/aromatic N) is 2. The van der Waals surface area contributed by atoms with Gasteiger partial charge in [0.2, 0.25) is 0 Å². The number of nitrogens with two attached hydrogens (primary N) is 1. The van der Waals surface area contributed by atoms with Crippen molar-refractivity contribution in [2.24, 2.45) is 5.92 Å². The van der Waals surface area contributed by atoms with Gasteiger partial charge in [-0.15, -0.1) is 0 Å². The number of phosphoric acid groups is 2. The van der Waals surface area contributed by atoms with Gasteiger partial charge in [-0.05, 0) is 56.9 Å². The number of aliphatic hydroxyl groups is 3. The molecule has 1 aliphatic heterocycles. The van der Waals surface area contributed by atoms with E-state index in [2.05, 4.69) is 54.4 Å². The Morgan fingerprint density at radius 1 is 0.718 bits per heavy atom. The lowest BCUT2D eigenvalue weighted by atomic mass is 9.99. The molecule has 0 saturated carbocycles. The van der Waals surface area contributed by atoms with Crippen LogP contribution in [0.3, 0.4) is 0 Å². The van der Waals surface area contributed by atoms with E-state index in [9.17, 15) is 48.6 Å². The van der Waals surface area contributed by atoms with E-state index in [1.54, 1.807) is 12.2 Å². The molecular weight excluding hydrogens is 1040 g/mol. The normalized spacial score (nSPS) is 19.7. The second-order valence-corrected chi connectivity index (χ2v) is 23.6. The first-order valence-electron chi connectivity index (χ1n) is 29.2. The van der Waals surface area contributed by atoms with Crippen LogP contribution in [0, 0.1) is 5.92 Å². The molecule has 7 N–H and O–H groups in total. The van der Waals surface area contributed by atoms with Gasteiger partial charge in [-0.3, -0.25) is 23.2 Å². The number of esters is 2. The van der Waals surface area contributed by atoms with Crippen molar-refractivity contribution in [3.05, 3.63) is 71.4 Å². The summed E-state index contributed by atoms with van der Waals surface area (Å²) in [5, 5.41) is 31.3. The minimum Gasteiger partial charge on any atom is -0.462 e. The van der Waals surface area contributed by atoms with Crippen LogP contribution in [-0.4, -0.2) is 96.9 Å². The number of rotatable bonds is 48. The van der Waals surface area contributed by atoms with Crippen molar-refractivity contribution in [1.29, 1.82) is 0 Å². The molecule has 3 unspecified atom stereocenters. The van der Waals surface area contributed by atoms with E-state index in [1.165, 1.54) is 122 Å². The molecule has 21 heteroatoms. The van der Waals surface area contributed by atoms with Gasteiger partial charge >= 0.3 is 33.3 Å². The summed E-state index contributed by atoms with van der Waals surface area (Å²) >= 11 is 0. The second kappa shape index (κ2) is 43.4. The van der Waals surface area contributed by atoms with Crippen molar-refractivity contribution in [1.82, 2.24) is 9.55 Å². The molecule has 1 aromatic heterocycles. The molecule has 0 amide bonds. The highest BCUT2D eigenvalue weighted by molar-refractivity contribution is 7.61. The number of carbonyl (C=O) groups is 2. The zero-order valence-electron chi connectivity index (χ0n) is 47.2. The van der Waals surface area contributed by atoms with Gasteiger partial charge in [0.15, 0.2) is 12.3 Å². The molecule has 1 aliphatic rings. The number of anilines is 1. The van der Waals surface area contributed by atoms with Gasteiger partial charge < -0.3 is 45.1 Å². The fourth-order valence-corrected chi connectivity index (χ4v) is 10.7. The number of hydrogen-bond acceptors (Lipinski definition) is 16. The Kier molecular flexibility index (Phi) is 39.4. The number of nitrogen functional groups attached to an aromatic ring is 1. The van der Waals surface area contributed by atoms with E-state index < -0.39 is 89.8 Å². The fourth-order valence-electron chi connectivity index (χ4n) is 8.63. The molecule has 0 radical (unpaired) electrons. The van der Waals surface area contributed by atoms with Gasteiger partial charge in [-0.2, -0.15) is 9.29 Å². The predicted octanol–water partition coefficient (Wildman–Crippen LogP) is 12.1. The van der Waals surface area contributed by atoms with Gasteiger partial charge in [-0.25, -0.2) is 13.9 Å². The highest BCUT2D eigenvalue weighted by Gasteiger charge is 2.46. The molecule has 1 fully saturated rings. The van der Waals surface area contributed by atoms with Crippen LogP contribution >= 0.6 is 15.6 Å². The minimum absolute atomic E-state index is 0.0120. The second-order valence-electron chi connectivity index (χ2n) is 20.6. The number of hydrogen-bond donors (Lipinski definition) is 6. The number of unbranched alkanes of at least 4 members (excludes halogenated alkanes) is 20. The van der Waals surface area contributed by atoms with E-state index in [1.807, 2.05) is 12.2 Å². The molecule has 9 atom stereocenters. The van der Waals surface area contributed by atoms with Crippen LogP contribution in [0.15, 0.2) is 65.7 Å². The molecule has 0 aromatic carbocycles. The summed E-state index contributed by atoms with van der Waals surface area (Å²) in [4.78, 5) is 62.2. The van der Waals surface area contributed by atoms with Crippen LogP contribution in [-0.2, 0) is 46.3 Å². The minimum atomic E-state index is -5.47. The third-order valence-corrected chi connectivity index (χ3v) is 16.2. The third-order valence-electron chi connectivity index (χ3n) is 13.6. The van der Waals surface area contributed by atoms with E-state index in [-0.39, 0.29) is 31.5 Å². The summed E-state index contributed by atoms with van der Waals surface area (Å²) < 4.78 is 56.8. The van der Waals surface area contributed by atoms with Crippen LogP contribution < -0.4 is 11.4 Å². The van der Waals surface area contributed by atoms with E-state index in [4.69, 9.17) is 29.0 Å². The SMILES string of the molecule is CCCCC/C=C\C/C=C\C/C=C\C=C\[C@@H](O)CCCC(=O)OC[C@H](COP(=O)(O)OP(=O)(O)OC[C@H]1O[C@@H](n2ccc(N)nc2=O)[C@H](O)[C@@H]1O)OC(=O)CCCCCCCCCCCCCCCCCCCCC(C)CC. The first-order valence-corrected chi connectivity index (χ1v) is 32.1. The van der Waals surface area contributed by atoms with Gasteiger partial charge in [0.1, 0.15) is 30.7 Å². The molecule has 0 bridgehead atoms. The Morgan fingerprint density at radius 3 is 1.88 bits per heavy atom. The Bertz CT molecular complexity index is 2030. The average molecular weight is 1140 g/mol. The lowest BCUT2D eigenvalue weighted by molar-refractivity contribution is -0.161. The van der Waals surface area contributed by atoms with Crippen LogP contribution in [0.4, 0.5) is 5.82 Å². The Labute approximate surface area is 465 Å². The van der Waals surface area contributed by atoms with Gasteiger partial charge in [-0.1, -0.05) is 204 Å². The third kappa shape index (κ3) is 35.4. The van der Waals surface area contributed by atoms with Crippen LogP contribution in [0.2, 0.25) is 0 Å². The largest absolute Gasteiger partial charge is 0.481 e. The van der Waals surface area contributed by atoms with Crippen LogP contribution in [0.1, 0.15) is 220 Å². The lowest BCUT2D eigenvalue weighted by Crippen LogP contribution is -2.36. The maximum Gasteiger partial charge on any atom is 0.481 e. The first kappa shape index (κ1) is 70.8. The van der Waals surface area contributed by atoms with E-state index in [0.717, 1.165) is 61.6 Å². The van der Waals surface area contributed by atoms with Crippen molar-refractivity contribution >= 4 is 33.4 Å². The van der Waals surface area contributed by atoms with Crippen molar-refractivity contribution in [3.63, 3.8) is 0 Å². The molecule has 1 aromatic rings. The Balaban J connectivity index is 1.79. The lowest BCUT2D eigenvalue weighted by Gasteiger charge is -2.21. The maximum atomic E-state index is 12.9. The monoisotopic (exact) mass is 1140 g/mol.